The van der Waals surface area contributed by atoms with Crippen LogP contribution in [0.25, 0.3) is 11.3 Å². The van der Waals surface area contributed by atoms with Gasteiger partial charge in [0.15, 0.2) is 16.6 Å². The highest BCUT2D eigenvalue weighted by atomic mass is 127. The first kappa shape index (κ1) is 30.9. The number of halogens is 2. The number of rotatable bonds is 11. The van der Waals surface area contributed by atoms with Crippen LogP contribution in [0.3, 0.4) is 0 Å². The third-order valence-corrected chi connectivity index (χ3v) is 8.02. The molecule has 0 fully saturated rings. The van der Waals surface area contributed by atoms with Gasteiger partial charge in [0, 0.05) is 39.3 Å². The van der Waals surface area contributed by atoms with Crippen LogP contribution < -0.4 is 20.2 Å². The van der Waals surface area contributed by atoms with Gasteiger partial charge in [0.2, 0.25) is 0 Å². The summed E-state index contributed by atoms with van der Waals surface area (Å²) in [4.78, 5) is 27.7. The van der Waals surface area contributed by atoms with Gasteiger partial charge >= 0.3 is 0 Å². The third-order valence-electron chi connectivity index (χ3n) is 6.20. The SMILES string of the molecule is COc1cc(/C=N\NC(=O)c2ccc(-c3csc(Nc4ccc(Cl)cc4)n3)cc2)cc(I)c1OCc1ccc([N+](=O)[O-])cc1. The number of thiazole rings is 1. The maximum Gasteiger partial charge on any atom is 0.271 e. The molecule has 0 aliphatic carbocycles. The molecule has 222 valence electrons. The van der Waals surface area contributed by atoms with E-state index in [1.54, 1.807) is 30.3 Å². The average molecular weight is 740 g/mol. The van der Waals surface area contributed by atoms with Crippen molar-refractivity contribution in [3.8, 4) is 22.8 Å². The number of carbonyl (C=O) groups is 1. The number of hydrogen-bond donors (Lipinski definition) is 2. The normalized spacial score (nSPS) is 10.9. The second-order valence-corrected chi connectivity index (χ2v) is 11.6. The molecule has 0 saturated carbocycles. The first-order valence-electron chi connectivity index (χ1n) is 12.9. The van der Waals surface area contributed by atoms with Crippen molar-refractivity contribution in [3.05, 3.63) is 126 Å². The van der Waals surface area contributed by atoms with Crippen LogP contribution in [-0.2, 0) is 6.61 Å². The number of nitro benzene ring substituents is 1. The molecule has 0 saturated heterocycles. The van der Waals surface area contributed by atoms with Gasteiger partial charge in [0.1, 0.15) is 6.61 Å². The molecule has 0 atom stereocenters. The van der Waals surface area contributed by atoms with E-state index in [0.717, 1.165) is 31.2 Å². The van der Waals surface area contributed by atoms with E-state index in [1.807, 2.05) is 47.8 Å². The summed E-state index contributed by atoms with van der Waals surface area (Å²) in [5.74, 6) is 0.650. The summed E-state index contributed by atoms with van der Waals surface area (Å²) < 4.78 is 12.2. The van der Waals surface area contributed by atoms with E-state index in [1.165, 1.54) is 36.8 Å². The Morgan fingerprint density at radius 1 is 1.09 bits per heavy atom. The minimum atomic E-state index is -0.447. The maximum absolute atomic E-state index is 12.7. The molecular formula is C31H23ClIN5O5S. The van der Waals surface area contributed by atoms with E-state index in [0.29, 0.717) is 27.6 Å². The predicted octanol–water partition coefficient (Wildman–Crippen LogP) is 8.07. The van der Waals surface area contributed by atoms with Gasteiger partial charge in [-0.15, -0.1) is 11.3 Å². The van der Waals surface area contributed by atoms with E-state index in [9.17, 15) is 14.9 Å². The van der Waals surface area contributed by atoms with Gasteiger partial charge in [-0.1, -0.05) is 23.7 Å². The molecule has 2 N–H and O–H groups in total. The molecule has 1 aromatic heterocycles. The van der Waals surface area contributed by atoms with Gasteiger partial charge in [-0.05, 0) is 94.4 Å². The van der Waals surface area contributed by atoms with Gasteiger partial charge in [-0.3, -0.25) is 14.9 Å². The fraction of sp³-hybridized carbons (Fsp3) is 0.0645. The predicted molar refractivity (Wildman–Crippen MR) is 180 cm³/mol. The van der Waals surface area contributed by atoms with Gasteiger partial charge in [-0.25, -0.2) is 10.4 Å². The van der Waals surface area contributed by atoms with Crippen molar-refractivity contribution in [3.63, 3.8) is 0 Å². The second kappa shape index (κ2) is 14.3. The molecule has 0 spiro atoms. The van der Waals surface area contributed by atoms with Gasteiger partial charge in [-0.2, -0.15) is 5.10 Å². The zero-order valence-corrected chi connectivity index (χ0v) is 26.7. The number of ether oxygens (including phenoxy) is 2. The number of amides is 1. The highest BCUT2D eigenvalue weighted by molar-refractivity contribution is 14.1. The van der Waals surface area contributed by atoms with Gasteiger partial charge in [0.05, 0.1) is 27.5 Å². The summed E-state index contributed by atoms with van der Waals surface area (Å²) in [6.07, 6.45) is 1.52. The van der Waals surface area contributed by atoms with Crippen LogP contribution in [0.5, 0.6) is 11.5 Å². The number of anilines is 2. The molecule has 44 heavy (non-hydrogen) atoms. The average Bonchev–Trinajstić information content (AvgIpc) is 3.50. The van der Waals surface area contributed by atoms with Crippen molar-refractivity contribution in [2.24, 2.45) is 5.10 Å². The van der Waals surface area contributed by atoms with E-state index in [-0.39, 0.29) is 18.2 Å². The Kier molecular flexibility index (Phi) is 10.0. The van der Waals surface area contributed by atoms with E-state index < -0.39 is 4.92 Å². The number of non-ortho nitro benzene ring substituents is 1. The number of nitro groups is 1. The van der Waals surface area contributed by atoms with Crippen molar-refractivity contribution in [1.29, 1.82) is 0 Å². The lowest BCUT2D eigenvalue weighted by molar-refractivity contribution is -0.384. The number of nitrogens with zero attached hydrogens (tertiary/aromatic N) is 3. The maximum atomic E-state index is 12.7. The fourth-order valence-corrected chi connectivity index (χ4v) is 5.61. The first-order valence-corrected chi connectivity index (χ1v) is 15.3. The van der Waals surface area contributed by atoms with Crippen LogP contribution in [0, 0.1) is 13.7 Å². The molecule has 0 radical (unpaired) electrons. The van der Waals surface area contributed by atoms with Crippen LogP contribution in [0.2, 0.25) is 5.02 Å². The molecule has 1 heterocycles. The molecule has 0 bridgehead atoms. The highest BCUT2D eigenvalue weighted by Crippen LogP contribution is 2.34. The van der Waals surface area contributed by atoms with E-state index in [4.69, 9.17) is 21.1 Å². The van der Waals surface area contributed by atoms with Crippen LogP contribution in [0.15, 0.2) is 95.4 Å². The van der Waals surface area contributed by atoms with Crippen LogP contribution in [0.1, 0.15) is 21.5 Å². The van der Waals surface area contributed by atoms with E-state index in [2.05, 4.69) is 43.4 Å². The highest BCUT2D eigenvalue weighted by Gasteiger charge is 2.13. The number of hydrazone groups is 1. The Hall–Kier alpha value is -4.53. The number of benzene rings is 4. The number of methoxy groups -OCH3 is 1. The molecule has 0 aliphatic rings. The minimum absolute atomic E-state index is 0.0160. The molecule has 5 rings (SSSR count). The summed E-state index contributed by atoms with van der Waals surface area (Å²) >= 11 is 9.55. The summed E-state index contributed by atoms with van der Waals surface area (Å²) in [6, 6.07) is 24.2. The monoisotopic (exact) mass is 739 g/mol. The molecule has 5 aromatic rings. The molecule has 10 nitrogen and oxygen atoms in total. The molecule has 1 amide bonds. The molecular weight excluding hydrogens is 717 g/mol. The largest absolute Gasteiger partial charge is 0.493 e. The van der Waals surface area contributed by atoms with Crippen molar-refractivity contribution in [2.75, 3.05) is 12.4 Å². The third kappa shape index (κ3) is 7.89. The second-order valence-electron chi connectivity index (χ2n) is 9.19. The van der Waals surface area contributed by atoms with Crippen LogP contribution in [-0.4, -0.2) is 29.1 Å². The van der Waals surface area contributed by atoms with Crippen molar-refractivity contribution in [2.45, 2.75) is 6.61 Å². The van der Waals surface area contributed by atoms with Crippen LogP contribution in [0.4, 0.5) is 16.5 Å². The number of aromatic nitrogens is 1. The van der Waals surface area contributed by atoms with Crippen LogP contribution >= 0.6 is 45.5 Å². The first-order chi connectivity index (χ1) is 21.3. The molecule has 4 aromatic carbocycles. The number of nitrogens with one attached hydrogen (secondary N) is 2. The lowest BCUT2D eigenvalue weighted by atomic mass is 10.1. The fourth-order valence-electron chi connectivity index (χ4n) is 3.97. The van der Waals surface area contributed by atoms with E-state index >= 15 is 0 Å². The lowest BCUT2D eigenvalue weighted by Gasteiger charge is -2.13. The minimum Gasteiger partial charge on any atom is -0.493 e. The topological polar surface area (TPSA) is 128 Å². The number of carbonyl (C=O) groups excluding carboxylic acids is 1. The van der Waals surface area contributed by atoms with Crippen molar-refractivity contribution in [1.82, 2.24) is 10.4 Å². The Morgan fingerprint density at radius 3 is 2.50 bits per heavy atom. The smallest absolute Gasteiger partial charge is 0.271 e. The lowest BCUT2D eigenvalue weighted by Crippen LogP contribution is -2.17. The summed E-state index contributed by atoms with van der Waals surface area (Å²) in [5, 5.41) is 21.6. The van der Waals surface area contributed by atoms with Gasteiger partial charge < -0.3 is 14.8 Å². The Bertz CT molecular complexity index is 1810. The summed E-state index contributed by atoms with van der Waals surface area (Å²) in [7, 11) is 1.53. The van der Waals surface area contributed by atoms with Crippen molar-refractivity contribution < 1.29 is 19.2 Å². The summed E-state index contributed by atoms with van der Waals surface area (Å²) in [6.45, 7) is 0.205. The molecule has 0 unspecified atom stereocenters. The standard InChI is InChI=1S/C31H23ClIN5O5S/c1-42-28-15-20(14-26(33)29(28)43-17-19-2-12-25(13-3-19)38(40)41)16-34-37-30(39)22-6-4-21(5-7-22)27-18-44-31(36-27)35-24-10-8-23(32)9-11-24/h2-16,18H,17H2,1H3,(H,35,36)(H,37,39)/b34-16-. The number of hydrogen-bond acceptors (Lipinski definition) is 9. The van der Waals surface area contributed by atoms with Gasteiger partial charge in [0.25, 0.3) is 11.6 Å². The Balaban J connectivity index is 1.17. The zero-order chi connectivity index (χ0) is 31.1. The summed E-state index contributed by atoms with van der Waals surface area (Å²) in [5.41, 5.74) is 7.04. The molecule has 0 aliphatic heterocycles. The molecule has 13 heteroatoms. The Labute approximate surface area is 275 Å². The Morgan fingerprint density at radius 2 is 1.82 bits per heavy atom. The van der Waals surface area contributed by atoms with Crippen molar-refractivity contribution >= 4 is 74.2 Å². The quantitative estimate of drug-likeness (QED) is 0.0607. The zero-order valence-electron chi connectivity index (χ0n) is 23.0.